The average molecular weight is 538 g/mol. The summed E-state index contributed by atoms with van der Waals surface area (Å²) >= 11 is 6.49. The van der Waals surface area contributed by atoms with Crippen molar-refractivity contribution in [2.75, 3.05) is 11.5 Å². The van der Waals surface area contributed by atoms with E-state index < -0.39 is 9.85 Å². The summed E-state index contributed by atoms with van der Waals surface area (Å²) in [6.07, 6.45) is 1.67. The van der Waals surface area contributed by atoms with Crippen molar-refractivity contribution in [3.63, 3.8) is 0 Å². The van der Waals surface area contributed by atoms with Gasteiger partial charge in [0.1, 0.15) is 6.61 Å². The lowest BCUT2D eigenvalue weighted by molar-refractivity contribution is -0.385. The molecular weight excluding hydrogens is 518 g/mol. The lowest BCUT2D eigenvalue weighted by Crippen LogP contribution is -2.27. The first-order chi connectivity index (χ1) is 17.8. The third-order valence-corrected chi connectivity index (χ3v) is 6.55. The number of ether oxygens (including phenoxy) is 2. The summed E-state index contributed by atoms with van der Waals surface area (Å²) in [4.78, 5) is 36.0. The Balaban J connectivity index is 1.55. The highest BCUT2D eigenvalue weighted by molar-refractivity contribution is 8.27. The Morgan fingerprint density at radius 3 is 2.38 bits per heavy atom. The fourth-order valence-electron chi connectivity index (χ4n) is 3.53. The van der Waals surface area contributed by atoms with Crippen molar-refractivity contribution >= 4 is 57.3 Å². The van der Waals surface area contributed by atoms with Gasteiger partial charge in [0.15, 0.2) is 15.8 Å². The van der Waals surface area contributed by atoms with Crippen LogP contribution in [0, 0.1) is 20.2 Å². The van der Waals surface area contributed by atoms with Gasteiger partial charge in [-0.2, -0.15) is 0 Å². The van der Waals surface area contributed by atoms with Gasteiger partial charge in [0.05, 0.1) is 32.6 Å². The first-order valence-corrected chi connectivity index (χ1v) is 12.1. The molecule has 3 aromatic rings. The fourth-order valence-corrected chi connectivity index (χ4v) is 4.83. The minimum Gasteiger partial charge on any atom is -0.490 e. The second-order valence-corrected chi connectivity index (χ2v) is 9.28. The summed E-state index contributed by atoms with van der Waals surface area (Å²) in [6.45, 7) is 2.14. The zero-order valence-electron chi connectivity index (χ0n) is 19.4. The van der Waals surface area contributed by atoms with E-state index in [0.717, 1.165) is 11.8 Å². The second-order valence-electron chi connectivity index (χ2n) is 7.60. The van der Waals surface area contributed by atoms with Gasteiger partial charge in [-0.25, -0.2) is 0 Å². The number of thiocarbonyl (C=S) groups is 1. The van der Waals surface area contributed by atoms with E-state index in [1.165, 1.54) is 35.2 Å². The summed E-state index contributed by atoms with van der Waals surface area (Å²) in [5, 5.41) is 22.2. The Morgan fingerprint density at radius 2 is 1.70 bits per heavy atom. The number of anilines is 1. The van der Waals surface area contributed by atoms with Crippen LogP contribution in [0.5, 0.6) is 11.5 Å². The Hall–Kier alpha value is -4.29. The maximum Gasteiger partial charge on any atom is 0.276 e. The molecule has 3 aromatic carbocycles. The van der Waals surface area contributed by atoms with Crippen molar-refractivity contribution in [3.05, 3.63) is 103 Å². The molecule has 0 aliphatic carbocycles. The quantitative estimate of drug-likeness (QED) is 0.142. The lowest BCUT2D eigenvalue weighted by atomic mass is 10.1. The first kappa shape index (κ1) is 25.8. The third-order valence-electron chi connectivity index (χ3n) is 5.25. The van der Waals surface area contributed by atoms with Gasteiger partial charge in [-0.05, 0) is 48.9 Å². The fraction of sp³-hybridized carbons (Fsp3) is 0.120. The molecule has 1 aliphatic heterocycles. The molecular formula is C25H19N3O7S2. The van der Waals surface area contributed by atoms with Crippen molar-refractivity contribution in [2.45, 2.75) is 13.5 Å². The minimum absolute atomic E-state index is 0.0233. The summed E-state index contributed by atoms with van der Waals surface area (Å²) < 4.78 is 11.8. The SMILES string of the molecule is CCOc1cc(/C=C2\SC(=S)N(c3ccc([N+](=O)[O-])cc3)C2=O)ccc1OCc1ccccc1[N+](=O)[O-]. The Kier molecular flexibility index (Phi) is 7.80. The van der Waals surface area contributed by atoms with Crippen LogP contribution in [0.15, 0.2) is 71.6 Å². The van der Waals surface area contributed by atoms with Crippen LogP contribution in [0.4, 0.5) is 17.1 Å². The summed E-state index contributed by atoms with van der Waals surface area (Å²) in [5.41, 5.74) is 1.40. The molecule has 188 valence electrons. The zero-order valence-corrected chi connectivity index (χ0v) is 21.0. The Morgan fingerprint density at radius 1 is 0.973 bits per heavy atom. The van der Waals surface area contributed by atoms with Crippen molar-refractivity contribution in [2.24, 2.45) is 0 Å². The Bertz CT molecular complexity index is 1420. The molecule has 0 saturated carbocycles. The molecule has 12 heteroatoms. The van der Waals surface area contributed by atoms with E-state index >= 15 is 0 Å². The molecule has 1 aliphatic rings. The molecule has 0 radical (unpaired) electrons. The molecule has 4 rings (SSSR count). The van der Waals surface area contributed by atoms with Gasteiger partial charge in [-0.1, -0.05) is 42.2 Å². The van der Waals surface area contributed by atoms with E-state index in [9.17, 15) is 25.0 Å². The number of nitro benzene ring substituents is 2. The minimum atomic E-state index is -0.515. The number of para-hydroxylation sites is 1. The van der Waals surface area contributed by atoms with Crippen LogP contribution in [0.3, 0.4) is 0 Å². The molecule has 0 N–H and O–H groups in total. The van der Waals surface area contributed by atoms with Crippen molar-refractivity contribution in [1.82, 2.24) is 0 Å². The second kappa shape index (κ2) is 11.2. The van der Waals surface area contributed by atoms with Crippen LogP contribution in [-0.2, 0) is 11.4 Å². The van der Waals surface area contributed by atoms with Crippen molar-refractivity contribution < 1.29 is 24.1 Å². The van der Waals surface area contributed by atoms with Gasteiger partial charge in [0, 0.05) is 18.2 Å². The molecule has 1 heterocycles. The predicted octanol–water partition coefficient (Wildman–Crippen LogP) is 5.89. The van der Waals surface area contributed by atoms with Crippen LogP contribution in [0.25, 0.3) is 6.08 Å². The van der Waals surface area contributed by atoms with Gasteiger partial charge in [-0.15, -0.1) is 0 Å². The maximum absolute atomic E-state index is 13.1. The molecule has 0 aromatic heterocycles. The zero-order chi connectivity index (χ0) is 26.5. The van der Waals surface area contributed by atoms with Gasteiger partial charge in [0.2, 0.25) is 0 Å². The van der Waals surface area contributed by atoms with Gasteiger partial charge >= 0.3 is 0 Å². The van der Waals surface area contributed by atoms with E-state index in [0.29, 0.717) is 44.1 Å². The van der Waals surface area contributed by atoms with E-state index in [1.54, 1.807) is 42.5 Å². The van der Waals surface area contributed by atoms with E-state index in [4.69, 9.17) is 21.7 Å². The average Bonchev–Trinajstić information content (AvgIpc) is 3.16. The number of hydrogen-bond acceptors (Lipinski definition) is 9. The van der Waals surface area contributed by atoms with Crippen molar-refractivity contribution in [3.8, 4) is 11.5 Å². The van der Waals surface area contributed by atoms with Gasteiger partial charge in [-0.3, -0.25) is 29.9 Å². The van der Waals surface area contributed by atoms with Gasteiger partial charge in [0.25, 0.3) is 17.3 Å². The van der Waals surface area contributed by atoms with E-state index in [2.05, 4.69) is 0 Å². The number of amides is 1. The van der Waals surface area contributed by atoms with Crippen LogP contribution >= 0.6 is 24.0 Å². The highest BCUT2D eigenvalue weighted by atomic mass is 32.2. The highest BCUT2D eigenvalue weighted by Gasteiger charge is 2.33. The first-order valence-electron chi connectivity index (χ1n) is 10.9. The number of nitro groups is 2. The number of rotatable bonds is 9. The number of benzene rings is 3. The standard InChI is InChI=1S/C25H19N3O7S2/c1-2-34-22-13-16(7-12-21(22)35-15-17-5-3-4-6-20(17)28(32)33)14-23-24(29)26(25(36)37-23)18-8-10-19(11-9-18)27(30)31/h3-14H,2,15H2,1H3/b23-14-. The maximum atomic E-state index is 13.1. The van der Waals surface area contributed by atoms with Crippen LogP contribution in [0.2, 0.25) is 0 Å². The number of hydrogen-bond donors (Lipinski definition) is 0. The number of carbonyl (C=O) groups excluding carboxylic acids is 1. The molecule has 10 nitrogen and oxygen atoms in total. The van der Waals surface area contributed by atoms with Crippen LogP contribution in [-0.4, -0.2) is 26.7 Å². The largest absolute Gasteiger partial charge is 0.490 e. The summed E-state index contributed by atoms with van der Waals surface area (Å²) in [5.74, 6) is 0.467. The molecule has 1 saturated heterocycles. The molecule has 37 heavy (non-hydrogen) atoms. The molecule has 0 spiro atoms. The normalized spacial score (nSPS) is 14.2. The number of thioether (sulfide) groups is 1. The molecule has 1 fully saturated rings. The molecule has 0 bridgehead atoms. The van der Waals surface area contributed by atoms with Crippen LogP contribution < -0.4 is 14.4 Å². The monoisotopic (exact) mass is 537 g/mol. The van der Waals surface area contributed by atoms with Gasteiger partial charge < -0.3 is 9.47 Å². The van der Waals surface area contributed by atoms with E-state index in [-0.39, 0.29) is 23.9 Å². The number of carbonyl (C=O) groups is 1. The predicted molar refractivity (Wildman–Crippen MR) is 144 cm³/mol. The number of nitrogens with zero attached hydrogens (tertiary/aromatic N) is 3. The van der Waals surface area contributed by atoms with Crippen molar-refractivity contribution in [1.29, 1.82) is 0 Å². The van der Waals surface area contributed by atoms with E-state index in [1.807, 2.05) is 6.92 Å². The lowest BCUT2D eigenvalue weighted by Gasteiger charge is -2.14. The molecule has 0 unspecified atom stereocenters. The molecule has 1 amide bonds. The Labute approximate surface area is 220 Å². The summed E-state index contributed by atoms with van der Waals surface area (Å²) in [6, 6.07) is 17.0. The number of non-ortho nitro benzene ring substituents is 1. The third kappa shape index (κ3) is 5.76. The topological polar surface area (TPSA) is 125 Å². The van der Waals surface area contributed by atoms with Crippen LogP contribution in [0.1, 0.15) is 18.1 Å². The smallest absolute Gasteiger partial charge is 0.276 e. The molecule has 0 atom stereocenters. The highest BCUT2D eigenvalue weighted by Crippen LogP contribution is 2.38. The summed E-state index contributed by atoms with van der Waals surface area (Å²) in [7, 11) is 0.